The van der Waals surface area contributed by atoms with E-state index in [1.54, 1.807) is 7.11 Å². The highest BCUT2D eigenvalue weighted by Gasteiger charge is 2.23. The molecule has 1 saturated heterocycles. The number of amides is 1. The molecule has 0 aromatic carbocycles. The van der Waals surface area contributed by atoms with Crippen molar-refractivity contribution in [3.8, 4) is 0 Å². The molecule has 1 aliphatic rings. The van der Waals surface area contributed by atoms with Gasteiger partial charge in [-0.1, -0.05) is 6.92 Å². The van der Waals surface area contributed by atoms with Gasteiger partial charge in [-0.2, -0.15) is 0 Å². The second-order valence-corrected chi connectivity index (χ2v) is 5.65. The molecule has 0 aromatic rings. The zero-order chi connectivity index (χ0) is 15.5. The molecule has 0 saturated carbocycles. The maximum Gasteiger partial charge on any atom is 0.234 e. The Kier molecular flexibility index (Phi) is 9.58. The summed E-state index contributed by atoms with van der Waals surface area (Å²) >= 11 is 0. The first-order valence-corrected chi connectivity index (χ1v) is 8.13. The molecule has 1 rings (SSSR count). The summed E-state index contributed by atoms with van der Waals surface area (Å²) in [5, 5.41) is 2.94. The Morgan fingerprint density at radius 1 is 1.33 bits per heavy atom. The van der Waals surface area contributed by atoms with Crippen molar-refractivity contribution >= 4 is 5.91 Å². The van der Waals surface area contributed by atoms with Gasteiger partial charge in [0.05, 0.1) is 6.54 Å². The van der Waals surface area contributed by atoms with Crippen LogP contribution >= 0.6 is 0 Å². The number of hydrogen-bond donors (Lipinski definition) is 2. The van der Waals surface area contributed by atoms with Gasteiger partial charge < -0.3 is 15.8 Å². The van der Waals surface area contributed by atoms with Gasteiger partial charge in [0.15, 0.2) is 0 Å². The predicted molar refractivity (Wildman–Crippen MR) is 85.3 cm³/mol. The van der Waals surface area contributed by atoms with Crippen LogP contribution < -0.4 is 11.1 Å². The molecule has 6 heteroatoms. The van der Waals surface area contributed by atoms with Crippen LogP contribution in [0.4, 0.5) is 0 Å². The highest BCUT2D eigenvalue weighted by Crippen LogP contribution is 2.11. The van der Waals surface area contributed by atoms with Gasteiger partial charge in [0, 0.05) is 52.5 Å². The maximum absolute atomic E-state index is 11.8. The highest BCUT2D eigenvalue weighted by atomic mass is 16.5. The first-order valence-electron chi connectivity index (χ1n) is 8.13. The molecule has 0 radical (unpaired) electrons. The molecule has 124 valence electrons. The molecule has 1 fully saturated rings. The van der Waals surface area contributed by atoms with Gasteiger partial charge in [0.25, 0.3) is 0 Å². The van der Waals surface area contributed by atoms with Crippen LogP contribution in [0.2, 0.25) is 0 Å². The number of rotatable bonds is 10. The first kappa shape index (κ1) is 18.4. The topological polar surface area (TPSA) is 70.8 Å². The Hall–Kier alpha value is -0.690. The van der Waals surface area contributed by atoms with Crippen molar-refractivity contribution in [1.82, 2.24) is 15.1 Å². The third-order valence-corrected chi connectivity index (χ3v) is 4.11. The van der Waals surface area contributed by atoms with Crippen molar-refractivity contribution in [3.05, 3.63) is 0 Å². The Labute approximate surface area is 129 Å². The molecule has 0 bridgehead atoms. The van der Waals surface area contributed by atoms with Crippen molar-refractivity contribution in [3.63, 3.8) is 0 Å². The molecular formula is C15H32N4O2. The van der Waals surface area contributed by atoms with E-state index in [-0.39, 0.29) is 5.91 Å². The van der Waals surface area contributed by atoms with Crippen molar-refractivity contribution in [2.45, 2.75) is 32.2 Å². The molecule has 1 amide bonds. The zero-order valence-corrected chi connectivity index (χ0v) is 13.6. The van der Waals surface area contributed by atoms with Gasteiger partial charge in [-0.3, -0.25) is 14.6 Å². The number of hydrogen-bond acceptors (Lipinski definition) is 5. The zero-order valence-electron chi connectivity index (χ0n) is 13.6. The lowest BCUT2D eigenvalue weighted by Crippen LogP contribution is -2.52. The van der Waals surface area contributed by atoms with E-state index in [2.05, 4.69) is 22.0 Å². The standard InChI is InChI=1S/C15H32N4O2/c1-3-14(5-6-16)19-10-8-18(9-11-19)13-15(20)17-7-4-12-21-2/h14H,3-13,16H2,1-2H3,(H,17,20). The summed E-state index contributed by atoms with van der Waals surface area (Å²) in [7, 11) is 1.68. The van der Waals surface area contributed by atoms with Gasteiger partial charge in [0.1, 0.15) is 0 Å². The molecule has 0 aromatic heterocycles. The van der Waals surface area contributed by atoms with Crippen LogP contribution in [0.15, 0.2) is 0 Å². The fraction of sp³-hybridized carbons (Fsp3) is 0.933. The summed E-state index contributed by atoms with van der Waals surface area (Å²) in [4.78, 5) is 16.6. The summed E-state index contributed by atoms with van der Waals surface area (Å²) in [5.74, 6) is 0.119. The average molecular weight is 300 g/mol. The Morgan fingerprint density at radius 3 is 2.62 bits per heavy atom. The van der Waals surface area contributed by atoms with E-state index < -0.39 is 0 Å². The van der Waals surface area contributed by atoms with Crippen molar-refractivity contribution in [2.75, 3.05) is 59.5 Å². The second-order valence-electron chi connectivity index (χ2n) is 5.65. The number of methoxy groups -OCH3 is 1. The lowest BCUT2D eigenvalue weighted by molar-refractivity contribution is -0.122. The third-order valence-electron chi connectivity index (χ3n) is 4.11. The molecule has 1 unspecified atom stereocenters. The van der Waals surface area contributed by atoms with Crippen LogP contribution in [0, 0.1) is 0 Å². The largest absolute Gasteiger partial charge is 0.385 e. The van der Waals surface area contributed by atoms with Gasteiger partial charge in [0.2, 0.25) is 5.91 Å². The molecule has 21 heavy (non-hydrogen) atoms. The summed E-state index contributed by atoms with van der Waals surface area (Å²) in [6.07, 6.45) is 3.08. The van der Waals surface area contributed by atoms with E-state index >= 15 is 0 Å². The molecular weight excluding hydrogens is 268 g/mol. The molecule has 6 nitrogen and oxygen atoms in total. The molecule has 3 N–H and O–H groups in total. The van der Waals surface area contributed by atoms with Crippen molar-refractivity contribution in [1.29, 1.82) is 0 Å². The maximum atomic E-state index is 11.8. The van der Waals surface area contributed by atoms with Crippen LogP contribution in [-0.2, 0) is 9.53 Å². The number of piperazine rings is 1. The summed E-state index contributed by atoms with van der Waals surface area (Å²) in [6, 6.07) is 0.597. The van der Waals surface area contributed by atoms with Crippen LogP contribution in [0.5, 0.6) is 0 Å². The van der Waals surface area contributed by atoms with Crippen molar-refractivity contribution < 1.29 is 9.53 Å². The molecule has 1 heterocycles. The number of nitrogens with zero attached hydrogens (tertiary/aromatic N) is 2. The number of carbonyl (C=O) groups is 1. The van der Waals surface area contributed by atoms with Crippen LogP contribution in [0.1, 0.15) is 26.2 Å². The van der Waals surface area contributed by atoms with E-state index in [0.29, 0.717) is 25.7 Å². The Balaban J connectivity index is 2.19. The fourth-order valence-corrected chi connectivity index (χ4v) is 2.83. The SMILES string of the molecule is CCC(CCN)N1CCN(CC(=O)NCCCOC)CC1. The minimum Gasteiger partial charge on any atom is -0.385 e. The van der Waals surface area contributed by atoms with E-state index in [0.717, 1.165) is 52.0 Å². The third kappa shape index (κ3) is 7.22. The molecule has 0 aliphatic carbocycles. The predicted octanol–water partition coefficient (Wildman–Crippen LogP) is -0.116. The second kappa shape index (κ2) is 11.0. The minimum absolute atomic E-state index is 0.119. The van der Waals surface area contributed by atoms with E-state index in [4.69, 9.17) is 10.5 Å². The number of carbonyl (C=O) groups excluding carboxylic acids is 1. The monoisotopic (exact) mass is 300 g/mol. The van der Waals surface area contributed by atoms with Crippen molar-refractivity contribution in [2.24, 2.45) is 5.73 Å². The fourth-order valence-electron chi connectivity index (χ4n) is 2.83. The lowest BCUT2D eigenvalue weighted by Gasteiger charge is -2.38. The quantitative estimate of drug-likeness (QED) is 0.551. The lowest BCUT2D eigenvalue weighted by atomic mass is 10.1. The normalized spacial score (nSPS) is 18.6. The van der Waals surface area contributed by atoms with E-state index in [1.807, 2.05) is 0 Å². The summed E-state index contributed by atoms with van der Waals surface area (Å²) in [5.41, 5.74) is 5.67. The van der Waals surface area contributed by atoms with Crippen LogP contribution in [0.25, 0.3) is 0 Å². The minimum atomic E-state index is 0.119. The van der Waals surface area contributed by atoms with Crippen LogP contribution in [-0.4, -0.2) is 81.3 Å². The number of nitrogens with two attached hydrogens (primary N) is 1. The summed E-state index contributed by atoms with van der Waals surface area (Å²) in [6.45, 7) is 8.88. The Bertz CT molecular complexity index is 281. The van der Waals surface area contributed by atoms with Gasteiger partial charge in [-0.15, -0.1) is 0 Å². The number of nitrogens with one attached hydrogen (secondary N) is 1. The molecule has 0 spiro atoms. The van der Waals surface area contributed by atoms with Gasteiger partial charge in [-0.25, -0.2) is 0 Å². The molecule has 1 atom stereocenters. The van der Waals surface area contributed by atoms with E-state index in [9.17, 15) is 4.79 Å². The summed E-state index contributed by atoms with van der Waals surface area (Å²) < 4.78 is 4.96. The number of ether oxygens (including phenoxy) is 1. The average Bonchev–Trinajstić information content (AvgIpc) is 2.50. The van der Waals surface area contributed by atoms with Crippen LogP contribution in [0.3, 0.4) is 0 Å². The van der Waals surface area contributed by atoms with Gasteiger partial charge in [-0.05, 0) is 25.8 Å². The highest BCUT2D eigenvalue weighted by molar-refractivity contribution is 5.77. The smallest absolute Gasteiger partial charge is 0.234 e. The molecule has 1 aliphatic heterocycles. The van der Waals surface area contributed by atoms with E-state index in [1.165, 1.54) is 0 Å². The Morgan fingerprint density at radius 2 is 2.05 bits per heavy atom. The first-order chi connectivity index (χ1) is 10.2. The van der Waals surface area contributed by atoms with Gasteiger partial charge >= 0.3 is 0 Å².